The Kier molecular flexibility index (Phi) is 3.79. The fraction of sp³-hybridized carbons (Fsp3) is 0.350. The van der Waals surface area contributed by atoms with Gasteiger partial charge in [-0.15, -0.1) is 0 Å². The van der Waals surface area contributed by atoms with E-state index in [2.05, 4.69) is 0 Å². The van der Waals surface area contributed by atoms with Crippen molar-refractivity contribution < 1.29 is 19.7 Å². The third kappa shape index (κ3) is 2.51. The molecule has 0 radical (unpaired) electrons. The SMILES string of the molecule is O=c1ccc2c(C3CCCCCC3)c3ccc(O)c(O)c3oc-2c1O. The molecule has 0 unspecified atom stereocenters. The third-order valence-electron chi connectivity index (χ3n) is 5.25. The normalized spacial score (nSPS) is 16.3. The van der Waals surface area contributed by atoms with Gasteiger partial charge in [-0.2, -0.15) is 0 Å². The van der Waals surface area contributed by atoms with Crippen LogP contribution in [0.15, 0.2) is 33.5 Å². The van der Waals surface area contributed by atoms with E-state index in [-0.39, 0.29) is 28.8 Å². The van der Waals surface area contributed by atoms with Crippen molar-refractivity contribution in [3.63, 3.8) is 0 Å². The first kappa shape index (κ1) is 15.8. The van der Waals surface area contributed by atoms with Crippen molar-refractivity contribution in [3.05, 3.63) is 40.1 Å². The Morgan fingerprint density at radius 1 is 0.880 bits per heavy atom. The number of hydrogen-bond donors (Lipinski definition) is 3. The van der Waals surface area contributed by atoms with E-state index in [0.29, 0.717) is 10.9 Å². The van der Waals surface area contributed by atoms with Crippen LogP contribution in [0.5, 0.6) is 17.2 Å². The molecule has 0 saturated heterocycles. The van der Waals surface area contributed by atoms with Crippen LogP contribution in [-0.4, -0.2) is 15.3 Å². The summed E-state index contributed by atoms with van der Waals surface area (Å²) in [5.41, 5.74) is 1.25. The quantitative estimate of drug-likeness (QED) is 0.346. The van der Waals surface area contributed by atoms with E-state index >= 15 is 0 Å². The summed E-state index contributed by atoms with van der Waals surface area (Å²) in [5.74, 6) is -0.799. The average Bonchev–Trinajstić information content (AvgIpc) is 2.89. The van der Waals surface area contributed by atoms with Crippen LogP contribution in [0.1, 0.15) is 50.0 Å². The van der Waals surface area contributed by atoms with E-state index in [1.54, 1.807) is 12.1 Å². The molecule has 0 atom stereocenters. The summed E-state index contributed by atoms with van der Waals surface area (Å²) in [5, 5.41) is 31.0. The van der Waals surface area contributed by atoms with Crippen LogP contribution in [0, 0.1) is 0 Å². The molecule has 1 heterocycles. The molecule has 4 rings (SSSR count). The van der Waals surface area contributed by atoms with Gasteiger partial charge in [0.25, 0.3) is 0 Å². The van der Waals surface area contributed by atoms with Gasteiger partial charge in [0.05, 0.1) is 0 Å². The van der Waals surface area contributed by atoms with E-state index < -0.39 is 11.2 Å². The molecule has 0 amide bonds. The Labute approximate surface area is 144 Å². The summed E-state index contributed by atoms with van der Waals surface area (Å²) >= 11 is 0. The Morgan fingerprint density at radius 2 is 1.60 bits per heavy atom. The van der Waals surface area contributed by atoms with Gasteiger partial charge in [0, 0.05) is 10.9 Å². The molecule has 5 heteroatoms. The molecule has 3 aliphatic rings. The second kappa shape index (κ2) is 5.99. The number of rotatable bonds is 1. The van der Waals surface area contributed by atoms with Gasteiger partial charge in [0.2, 0.25) is 16.9 Å². The van der Waals surface area contributed by atoms with E-state index in [0.717, 1.165) is 31.2 Å². The first-order chi connectivity index (χ1) is 12.1. The molecule has 0 spiro atoms. The fourth-order valence-corrected chi connectivity index (χ4v) is 4.00. The van der Waals surface area contributed by atoms with Crippen LogP contribution in [0.3, 0.4) is 0 Å². The maximum absolute atomic E-state index is 11.8. The number of hydrogen-bond acceptors (Lipinski definition) is 5. The lowest BCUT2D eigenvalue weighted by Crippen LogP contribution is -2.06. The maximum Gasteiger partial charge on any atom is 0.224 e. The molecule has 130 valence electrons. The molecule has 1 aliphatic heterocycles. The van der Waals surface area contributed by atoms with Crippen molar-refractivity contribution in [3.8, 4) is 28.6 Å². The Balaban J connectivity index is 2.11. The molecular weight excluding hydrogens is 320 g/mol. The summed E-state index contributed by atoms with van der Waals surface area (Å²) in [4.78, 5) is 11.8. The zero-order valence-corrected chi connectivity index (χ0v) is 13.8. The minimum atomic E-state index is -0.526. The summed E-state index contributed by atoms with van der Waals surface area (Å²) in [6.45, 7) is 0. The van der Waals surface area contributed by atoms with Crippen LogP contribution in [0.25, 0.3) is 22.3 Å². The van der Waals surface area contributed by atoms with Crippen molar-refractivity contribution in [1.82, 2.24) is 0 Å². The standard InChI is InChI=1S/C20H20O5/c21-14-9-7-12-16(11-5-3-1-2-4-6-11)13-8-10-15(22)18(24)20(13)25-19(12)17(14)23/h7-11,21,23-24H,1-6H2. The van der Waals surface area contributed by atoms with Crippen molar-refractivity contribution in [2.24, 2.45) is 0 Å². The van der Waals surface area contributed by atoms with Gasteiger partial charge in [-0.05, 0) is 48.6 Å². The molecule has 1 saturated carbocycles. The minimum Gasteiger partial charge on any atom is -0.504 e. The van der Waals surface area contributed by atoms with Gasteiger partial charge >= 0.3 is 0 Å². The van der Waals surface area contributed by atoms with E-state index in [4.69, 9.17) is 4.42 Å². The smallest absolute Gasteiger partial charge is 0.224 e. The number of phenols is 3. The van der Waals surface area contributed by atoms with Gasteiger partial charge in [-0.3, -0.25) is 4.79 Å². The second-order valence-corrected chi connectivity index (χ2v) is 6.80. The van der Waals surface area contributed by atoms with Crippen molar-refractivity contribution in [1.29, 1.82) is 0 Å². The predicted octanol–water partition coefficient (Wildman–Crippen LogP) is 4.45. The van der Waals surface area contributed by atoms with Gasteiger partial charge in [-0.1, -0.05) is 25.7 Å². The van der Waals surface area contributed by atoms with Crippen LogP contribution >= 0.6 is 0 Å². The molecular formula is C20H20O5. The van der Waals surface area contributed by atoms with Gasteiger partial charge in [0.1, 0.15) is 0 Å². The summed E-state index contributed by atoms with van der Waals surface area (Å²) in [6, 6.07) is 6.21. The topological polar surface area (TPSA) is 90.9 Å². The Hall–Kier alpha value is -2.69. The predicted molar refractivity (Wildman–Crippen MR) is 94.5 cm³/mol. The first-order valence-corrected chi connectivity index (χ1v) is 8.71. The van der Waals surface area contributed by atoms with Crippen molar-refractivity contribution >= 4 is 11.0 Å². The van der Waals surface area contributed by atoms with Crippen LogP contribution in [-0.2, 0) is 0 Å². The lowest BCUT2D eigenvalue weighted by atomic mass is 9.84. The minimum absolute atomic E-state index is 0.0696. The second-order valence-electron chi connectivity index (χ2n) is 6.80. The maximum atomic E-state index is 11.8. The molecule has 1 aromatic rings. The highest BCUT2D eigenvalue weighted by molar-refractivity contribution is 5.94. The van der Waals surface area contributed by atoms with Crippen LogP contribution in [0.2, 0.25) is 0 Å². The van der Waals surface area contributed by atoms with Gasteiger partial charge < -0.3 is 19.7 Å². The molecule has 3 N–H and O–H groups in total. The molecule has 25 heavy (non-hydrogen) atoms. The van der Waals surface area contributed by atoms with E-state index in [9.17, 15) is 20.1 Å². The zero-order chi connectivity index (χ0) is 17.6. The lowest BCUT2D eigenvalue weighted by Gasteiger charge is -2.22. The summed E-state index contributed by atoms with van der Waals surface area (Å²) in [6.07, 6.45) is 6.66. The molecule has 0 bridgehead atoms. The number of fused-ring (bicyclic) bond motifs is 2. The van der Waals surface area contributed by atoms with Crippen LogP contribution in [0.4, 0.5) is 0 Å². The highest BCUT2D eigenvalue weighted by Crippen LogP contribution is 2.47. The molecule has 5 nitrogen and oxygen atoms in total. The lowest BCUT2D eigenvalue weighted by molar-refractivity contribution is 0.397. The van der Waals surface area contributed by atoms with E-state index in [1.807, 2.05) is 0 Å². The molecule has 1 fully saturated rings. The third-order valence-corrected chi connectivity index (χ3v) is 5.25. The highest BCUT2D eigenvalue weighted by Gasteiger charge is 2.27. The average molecular weight is 340 g/mol. The number of phenolic OH excluding ortho intramolecular Hbond substituents is 3. The fourth-order valence-electron chi connectivity index (χ4n) is 4.00. The summed E-state index contributed by atoms with van der Waals surface area (Å²) in [7, 11) is 0. The van der Waals surface area contributed by atoms with Crippen LogP contribution < -0.4 is 5.43 Å². The highest BCUT2D eigenvalue weighted by atomic mass is 16.4. The van der Waals surface area contributed by atoms with E-state index in [1.165, 1.54) is 25.0 Å². The van der Waals surface area contributed by atoms with Gasteiger partial charge in [-0.25, -0.2) is 0 Å². The largest absolute Gasteiger partial charge is 0.504 e. The number of aromatic hydroxyl groups is 3. The zero-order valence-electron chi connectivity index (χ0n) is 13.8. The number of benzene rings is 2. The molecule has 1 aromatic carbocycles. The molecule has 2 aliphatic carbocycles. The molecule has 0 aromatic heterocycles. The summed E-state index contributed by atoms with van der Waals surface area (Å²) < 4.78 is 5.67. The first-order valence-electron chi connectivity index (χ1n) is 8.71. The Morgan fingerprint density at radius 3 is 2.32 bits per heavy atom. The monoisotopic (exact) mass is 340 g/mol. The van der Waals surface area contributed by atoms with Crippen molar-refractivity contribution in [2.45, 2.75) is 44.4 Å². The Bertz CT molecular complexity index is 964. The van der Waals surface area contributed by atoms with Crippen molar-refractivity contribution in [2.75, 3.05) is 0 Å². The van der Waals surface area contributed by atoms with Gasteiger partial charge in [0.15, 0.2) is 17.1 Å².